The summed E-state index contributed by atoms with van der Waals surface area (Å²) in [6.45, 7) is 0.516. The average Bonchev–Trinajstić information content (AvgIpc) is 3.17. The van der Waals surface area contributed by atoms with Crippen LogP contribution >= 0.6 is 23.1 Å². The minimum absolute atomic E-state index is 0.0554. The van der Waals surface area contributed by atoms with Crippen molar-refractivity contribution in [2.45, 2.75) is 17.9 Å². The van der Waals surface area contributed by atoms with Crippen LogP contribution in [0.4, 0.5) is 5.13 Å². The summed E-state index contributed by atoms with van der Waals surface area (Å²) < 4.78 is 1.09. The molecule has 0 aliphatic heterocycles. The van der Waals surface area contributed by atoms with Crippen molar-refractivity contribution in [3.8, 4) is 0 Å². The zero-order valence-electron chi connectivity index (χ0n) is 15.5. The predicted octanol–water partition coefficient (Wildman–Crippen LogP) is 5.79. The third-order valence-corrected chi connectivity index (χ3v) is 6.32. The number of hydrogen-bond acceptors (Lipinski definition) is 4. The molecule has 4 aromatic rings. The maximum Gasteiger partial charge on any atom is 0.233 e. The molecule has 3 aromatic carbocycles. The second-order valence-corrected chi connectivity index (χ2v) is 8.34. The van der Waals surface area contributed by atoms with Crippen molar-refractivity contribution in [2.24, 2.45) is 0 Å². The molecule has 0 aliphatic carbocycles. The van der Waals surface area contributed by atoms with E-state index in [1.165, 1.54) is 4.90 Å². The minimum atomic E-state index is 0.0554. The summed E-state index contributed by atoms with van der Waals surface area (Å²) >= 11 is 3.26. The predicted molar refractivity (Wildman–Crippen MR) is 119 cm³/mol. The fraction of sp³-hybridized carbons (Fsp3) is 0.130. The Labute approximate surface area is 173 Å². The third kappa shape index (κ3) is 4.26. The smallest absolute Gasteiger partial charge is 0.233 e. The van der Waals surface area contributed by atoms with Crippen LogP contribution in [0.2, 0.25) is 0 Å². The van der Waals surface area contributed by atoms with E-state index in [9.17, 15) is 4.79 Å². The highest BCUT2D eigenvalue weighted by Gasteiger charge is 2.20. The molecule has 1 aromatic heterocycles. The lowest BCUT2D eigenvalue weighted by atomic mass is 10.1. The molecule has 0 saturated heterocycles. The maximum absolute atomic E-state index is 13.2. The van der Waals surface area contributed by atoms with Crippen molar-refractivity contribution in [1.82, 2.24) is 4.98 Å². The molecule has 0 fully saturated rings. The van der Waals surface area contributed by atoms with Gasteiger partial charge in [-0.25, -0.2) is 4.98 Å². The van der Waals surface area contributed by atoms with Crippen molar-refractivity contribution in [3.63, 3.8) is 0 Å². The SMILES string of the molecule is CSc1ccc(CC(=O)N(Cc2ccccc2)c2nc3ccccc3s2)cc1. The molecule has 0 saturated carbocycles. The Bertz CT molecular complexity index is 1040. The molecule has 28 heavy (non-hydrogen) atoms. The fourth-order valence-electron chi connectivity index (χ4n) is 3.02. The van der Waals surface area contributed by atoms with E-state index in [1.807, 2.05) is 71.6 Å². The molecular weight excluding hydrogens is 384 g/mol. The molecule has 0 bridgehead atoms. The van der Waals surface area contributed by atoms with Crippen LogP contribution in [0, 0.1) is 0 Å². The molecule has 1 heterocycles. The molecule has 140 valence electrons. The second kappa shape index (κ2) is 8.59. The number of amides is 1. The number of fused-ring (bicyclic) bond motifs is 1. The van der Waals surface area contributed by atoms with Crippen molar-refractivity contribution >= 4 is 44.4 Å². The van der Waals surface area contributed by atoms with E-state index in [4.69, 9.17) is 4.98 Å². The number of carbonyl (C=O) groups is 1. The average molecular weight is 405 g/mol. The van der Waals surface area contributed by atoms with Crippen LogP contribution in [-0.4, -0.2) is 17.1 Å². The van der Waals surface area contributed by atoms with Gasteiger partial charge in [-0.1, -0.05) is 65.9 Å². The first-order valence-corrected chi connectivity index (χ1v) is 11.1. The Hall–Kier alpha value is -2.63. The maximum atomic E-state index is 13.2. The van der Waals surface area contributed by atoms with Crippen LogP contribution < -0.4 is 4.90 Å². The van der Waals surface area contributed by atoms with Crippen LogP contribution in [0.15, 0.2) is 83.8 Å². The molecule has 0 spiro atoms. The summed E-state index contributed by atoms with van der Waals surface area (Å²) in [7, 11) is 0. The summed E-state index contributed by atoms with van der Waals surface area (Å²) in [5.41, 5.74) is 3.03. The number of hydrogen-bond donors (Lipinski definition) is 0. The Kier molecular flexibility index (Phi) is 5.74. The van der Waals surface area contributed by atoms with Gasteiger partial charge in [0.1, 0.15) is 0 Å². The zero-order valence-corrected chi connectivity index (χ0v) is 17.2. The number of benzene rings is 3. The van der Waals surface area contributed by atoms with E-state index >= 15 is 0 Å². The molecule has 0 aliphatic rings. The monoisotopic (exact) mass is 404 g/mol. The lowest BCUT2D eigenvalue weighted by Gasteiger charge is -2.20. The highest BCUT2D eigenvalue weighted by atomic mass is 32.2. The number of rotatable bonds is 6. The van der Waals surface area contributed by atoms with Crippen LogP contribution in [-0.2, 0) is 17.8 Å². The van der Waals surface area contributed by atoms with Gasteiger partial charge >= 0.3 is 0 Å². The fourth-order valence-corrected chi connectivity index (χ4v) is 4.41. The van der Waals surface area contributed by atoms with E-state index in [0.29, 0.717) is 13.0 Å². The summed E-state index contributed by atoms with van der Waals surface area (Å²) in [6.07, 6.45) is 2.41. The summed E-state index contributed by atoms with van der Waals surface area (Å²) in [4.78, 5) is 21.0. The molecule has 0 N–H and O–H groups in total. The number of thiazole rings is 1. The Morgan fingerprint density at radius 3 is 2.36 bits per heavy atom. The number of aromatic nitrogens is 1. The van der Waals surface area contributed by atoms with Gasteiger partial charge in [0.25, 0.3) is 0 Å². The number of carbonyl (C=O) groups excluding carboxylic acids is 1. The van der Waals surface area contributed by atoms with Crippen LogP contribution in [0.25, 0.3) is 10.2 Å². The summed E-state index contributed by atoms with van der Waals surface area (Å²) in [6, 6.07) is 26.3. The van der Waals surface area contributed by atoms with E-state index in [0.717, 1.165) is 26.5 Å². The van der Waals surface area contributed by atoms with Gasteiger partial charge in [-0.05, 0) is 41.6 Å². The van der Waals surface area contributed by atoms with Crippen molar-refractivity contribution in [3.05, 3.63) is 90.0 Å². The Morgan fingerprint density at radius 1 is 0.929 bits per heavy atom. The van der Waals surface area contributed by atoms with Crippen LogP contribution in [0.1, 0.15) is 11.1 Å². The van der Waals surface area contributed by atoms with Gasteiger partial charge in [0, 0.05) is 4.90 Å². The standard InChI is InChI=1S/C23H20N2OS2/c1-27-19-13-11-17(12-14-19)15-22(26)25(16-18-7-3-2-4-8-18)23-24-20-9-5-6-10-21(20)28-23/h2-14H,15-16H2,1H3. The summed E-state index contributed by atoms with van der Waals surface area (Å²) in [5.74, 6) is 0.0554. The Morgan fingerprint density at radius 2 is 1.64 bits per heavy atom. The minimum Gasteiger partial charge on any atom is -0.283 e. The zero-order chi connectivity index (χ0) is 19.3. The third-order valence-electron chi connectivity index (χ3n) is 4.51. The lowest BCUT2D eigenvalue weighted by Crippen LogP contribution is -2.31. The molecular formula is C23H20N2OS2. The largest absolute Gasteiger partial charge is 0.283 e. The van der Waals surface area contributed by atoms with E-state index in [2.05, 4.69) is 18.4 Å². The highest BCUT2D eigenvalue weighted by Crippen LogP contribution is 2.30. The van der Waals surface area contributed by atoms with E-state index in [1.54, 1.807) is 23.1 Å². The topological polar surface area (TPSA) is 33.2 Å². The molecule has 3 nitrogen and oxygen atoms in total. The van der Waals surface area contributed by atoms with Gasteiger partial charge in [0.2, 0.25) is 5.91 Å². The summed E-state index contributed by atoms with van der Waals surface area (Å²) in [5, 5.41) is 0.746. The first-order chi connectivity index (χ1) is 13.7. The van der Waals surface area contributed by atoms with Gasteiger partial charge < -0.3 is 0 Å². The molecule has 5 heteroatoms. The lowest BCUT2D eigenvalue weighted by molar-refractivity contribution is -0.118. The normalized spacial score (nSPS) is 10.9. The van der Waals surface area contributed by atoms with Gasteiger partial charge in [-0.3, -0.25) is 9.69 Å². The van der Waals surface area contributed by atoms with Crippen molar-refractivity contribution < 1.29 is 4.79 Å². The van der Waals surface area contributed by atoms with Crippen LogP contribution in [0.5, 0.6) is 0 Å². The van der Waals surface area contributed by atoms with Gasteiger partial charge in [0.15, 0.2) is 5.13 Å². The number of thioether (sulfide) groups is 1. The van der Waals surface area contributed by atoms with Crippen LogP contribution in [0.3, 0.4) is 0 Å². The van der Waals surface area contributed by atoms with Crippen molar-refractivity contribution in [2.75, 3.05) is 11.2 Å². The van der Waals surface area contributed by atoms with E-state index < -0.39 is 0 Å². The van der Waals surface area contributed by atoms with Gasteiger partial charge in [-0.2, -0.15) is 0 Å². The van der Waals surface area contributed by atoms with Gasteiger partial charge in [-0.15, -0.1) is 11.8 Å². The molecule has 0 unspecified atom stereocenters. The first kappa shape index (κ1) is 18.7. The highest BCUT2D eigenvalue weighted by molar-refractivity contribution is 7.98. The molecule has 1 amide bonds. The van der Waals surface area contributed by atoms with Crippen molar-refractivity contribution in [1.29, 1.82) is 0 Å². The second-order valence-electron chi connectivity index (χ2n) is 6.45. The van der Waals surface area contributed by atoms with E-state index in [-0.39, 0.29) is 5.91 Å². The number of nitrogens with zero attached hydrogens (tertiary/aromatic N) is 2. The number of para-hydroxylation sites is 1. The number of anilines is 1. The molecule has 0 atom stereocenters. The quantitative estimate of drug-likeness (QED) is 0.381. The first-order valence-electron chi connectivity index (χ1n) is 9.06. The Balaban J connectivity index is 1.64. The molecule has 0 radical (unpaired) electrons. The molecule has 4 rings (SSSR count). The van der Waals surface area contributed by atoms with Gasteiger partial charge in [0.05, 0.1) is 23.2 Å².